The van der Waals surface area contributed by atoms with E-state index in [0.717, 1.165) is 43.8 Å². The zero-order valence-corrected chi connectivity index (χ0v) is 14.8. The average molecular weight is 383 g/mol. The van der Waals surface area contributed by atoms with Gasteiger partial charge in [-0.2, -0.15) is 5.10 Å². The molecular weight excluding hydrogens is 364 g/mol. The first kappa shape index (κ1) is 18.5. The number of hydrogen-bond acceptors (Lipinski definition) is 6. The molecule has 2 N–H and O–H groups in total. The number of aromatic nitrogens is 2. The van der Waals surface area contributed by atoms with Gasteiger partial charge in [-0.3, -0.25) is 0 Å². The van der Waals surface area contributed by atoms with Crippen LogP contribution in [0.25, 0.3) is 0 Å². The maximum absolute atomic E-state index is 13.6. The van der Waals surface area contributed by atoms with Crippen LogP contribution in [0, 0.1) is 11.6 Å². The first-order valence-electron chi connectivity index (χ1n) is 8.22. The number of hydrogen-bond donors (Lipinski definition) is 2. The van der Waals surface area contributed by atoms with Crippen molar-refractivity contribution in [3.05, 3.63) is 42.1 Å². The van der Waals surface area contributed by atoms with Crippen LogP contribution in [0.5, 0.6) is 0 Å². The molecule has 7 nitrogen and oxygen atoms in total. The number of sulfonamides is 1. The Kier molecular flexibility index (Phi) is 5.62. The molecule has 1 aliphatic rings. The Morgan fingerprint density at radius 2 is 1.88 bits per heavy atom. The van der Waals surface area contributed by atoms with Crippen molar-refractivity contribution in [1.82, 2.24) is 14.9 Å². The van der Waals surface area contributed by atoms with Gasteiger partial charge in [0, 0.05) is 32.2 Å². The summed E-state index contributed by atoms with van der Waals surface area (Å²) < 4.78 is 53.1. The van der Waals surface area contributed by atoms with E-state index < -0.39 is 26.6 Å². The Morgan fingerprint density at radius 3 is 2.65 bits per heavy atom. The fourth-order valence-electron chi connectivity index (χ4n) is 2.73. The van der Waals surface area contributed by atoms with Crippen molar-refractivity contribution in [2.24, 2.45) is 0 Å². The molecule has 2 heterocycles. The van der Waals surface area contributed by atoms with Crippen LogP contribution in [0.3, 0.4) is 0 Å². The minimum Gasteiger partial charge on any atom is -0.370 e. The smallest absolute Gasteiger partial charge is 0.243 e. The minimum atomic E-state index is -4.14. The van der Waals surface area contributed by atoms with E-state index >= 15 is 0 Å². The number of nitrogens with zero attached hydrogens (tertiary/aromatic N) is 3. The standard InChI is InChI=1S/C16H19F2N5O2S/c17-12-3-4-14(18)15(9-12)26(24,25)21-6-5-19-16-10-13(11-20-22-16)23-7-1-2-8-23/h3-4,9-11,21H,1-2,5-8H2,(H,19,22). The van der Waals surface area contributed by atoms with E-state index in [2.05, 4.69) is 25.1 Å². The normalized spacial score (nSPS) is 14.6. The van der Waals surface area contributed by atoms with Crippen molar-refractivity contribution >= 4 is 21.5 Å². The zero-order chi connectivity index (χ0) is 18.6. The van der Waals surface area contributed by atoms with E-state index in [1.807, 2.05) is 6.07 Å². The van der Waals surface area contributed by atoms with Gasteiger partial charge in [0.2, 0.25) is 10.0 Å². The van der Waals surface area contributed by atoms with Gasteiger partial charge in [0.1, 0.15) is 16.5 Å². The van der Waals surface area contributed by atoms with Gasteiger partial charge < -0.3 is 10.2 Å². The Labute approximate surface area is 150 Å². The first-order valence-corrected chi connectivity index (χ1v) is 9.70. The Balaban J connectivity index is 1.55. The Bertz CT molecular complexity index is 873. The Morgan fingerprint density at radius 1 is 1.12 bits per heavy atom. The van der Waals surface area contributed by atoms with Crippen LogP contribution in [-0.4, -0.2) is 44.8 Å². The molecule has 0 aliphatic carbocycles. The van der Waals surface area contributed by atoms with E-state index in [9.17, 15) is 17.2 Å². The molecule has 0 amide bonds. The highest BCUT2D eigenvalue weighted by Gasteiger charge is 2.19. The van der Waals surface area contributed by atoms with E-state index in [0.29, 0.717) is 11.9 Å². The summed E-state index contributed by atoms with van der Waals surface area (Å²) in [5.41, 5.74) is 0.961. The summed E-state index contributed by atoms with van der Waals surface area (Å²) in [5.74, 6) is -1.31. The lowest BCUT2D eigenvalue weighted by Crippen LogP contribution is -2.30. The molecule has 0 saturated carbocycles. The monoisotopic (exact) mass is 383 g/mol. The van der Waals surface area contributed by atoms with E-state index in [4.69, 9.17) is 0 Å². The summed E-state index contributed by atoms with van der Waals surface area (Å²) >= 11 is 0. The SMILES string of the molecule is O=S(=O)(NCCNc1cc(N2CCCC2)cnn1)c1cc(F)ccc1F. The van der Waals surface area contributed by atoms with E-state index in [-0.39, 0.29) is 13.1 Å². The van der Waals surface area contributed by atoms with Crippen LogP contribution in [-0.2, 0) is 10.0 Å². The molecule has 1 fully saturated rings. The highest BCUT2D eigenvalue weighted by Crippen LogP contribution is 2.20. The van der Waals surface area contributed by atoms with Gasteiger partial charge in [0.25, 0.3) is 0 Å². The summed E-state index contributed by atoms with van der Waals surface area (Å²) in [6.07, 6.45) is 3.97. The van der Waals surface area contributed by atoms with Gasteiger partial charge in [-0.1, -0.05) is 0 Å². The van der Waals surface area contributed by atoms with Crippen LogP contribution in [0.4, 0.5) is 20.3 Å². The topological polar surface area (TPSA) is 87.2 Å². The average Bonchev–Trinajstić information content (AvgIpc) is 3.16. The molecule has 0 unspecified atom stereocenters. The van der Waals surface area contributed by atoms with Crippen LogP contribution in [0.1, 0.15) is 12.8 Å². The molecule has 0 atom stereocenters. The van der Waals surface area contributed by atoms with Gasteiger partial charge in [0.05, 0.1) is 11.9 Å². The maximum Gasteiger partial charge on any atom is 0.243 e. The molecule has 0 radical (unpaired) electrons. The van der Waals surface area contributed by atoms with Gasteiger partial charge in [0.15, 0.2) is 5.82 Å². The van der Waals surface area contributed by atoms with Crippen LogP contribution >= 0.6 is 0 Å². The van der Waals surface area contributed by atoms with E-state index in [1.165, 1.54) is 0 Å². The Hall–Kier alpha value is -2.33. The molecule has 0 bridgehead atoms. The summed E-state index contributed by atoms with van der Waals surface area (Å²) in [7, 11) is -4.14. The van der Waals surface area contributed by atoms with Crippen molar-refractivity contribution in [3.63, 3.8) is 0 Å². The van der Waals surface area contributed by atoms with Crippen molar-refractivity contribution in [2.75, 3.05) is 36.4 Å². The fourth-order valence-corrected chi connectivity index (χ4v) is 3.85. The molecule has 1 aliphatic heterocycles. The highest BCUT2D eigenvalue weighted by atomic mass is 32.2. The largest absolute Gasteiger partial charge is 0.370 e. The lowest BCUT2D eigenvalue weighted by atomic mass is 10.3. The predicted molar refractivity (Wildman–Crippen MR) is 93.5 cm³/mol. The number of rotatable bonds is 7. The molecule has 10 heteroatoms. The van der Waals surface area contributed by atoms with Gasteiger partial charge >= 0.3 is 0 Å². The van der Waals surface area contributed by atoms with Crippen LogP contribution in [0.15, 0.2) is 35.4 Å². The molecular formula is C16H19F2N5O2S. The molecule has 1 saturated heterocycles. The van der Waals surface area contributed by atoms with Gasteiger partial charge in [-0.05, 0) is 31.0 Å². The lowest BCUT2D eigenvalue weighted by Gasteiger charge is -2.17. The van der Waals surface area contributed by atoms with Crippen LogP contribution in [0.2, 0.25) is 0 Å². The first-order chi connectivity index (χ1) is 12.5. The second-order valence-electron chi connectivity index (χ2n) is 5.89. The van der Waals surface area contributed by atoms with E-state index in [1.54, 1.807) is 6.20 Å². The predicted octanol–water partition coefficient (Wildman–Crippen LogP) is 1.75. The zero-order valence-electron chi connectivity index (χ0n) is 14.0. The molecule has 2 aromatic rings. The molecule has 0 spiro atoms. The highest BCUT2D eigenvalue weighted by molar-refractivity contribution is 7.89. The molecule has 140 valence electrons. The lowest BCUT2D eigenvalue weighted by molar-refractivity contribution is 0.546. The molecule has 3 rings (SSSR count). The van der Waals surface area contributed by atoms with Crippen molar-refractivity contribution in [1.29, 1.82) is 0 Å². The third kappa shape index (κ3) is 4.44. The van der Waals surface area contributed by atoms with Gasteiger partial charge in [-0.15, -0.1) is 5.10 Å². The summed E-state index contributed by atoms with van der Waals surface area (Å²) in [6.45, 7) is 2.15. The van der Waals surface area contributed by atoms with Crippen molar-refractivity contribution in [2.45, 2.75) is 17.7 Å². The van der Waals surface area contributed by atoms with Crippen molar-refractivity contribution in [3.8, 4) is 0 Å². The third-order valence-corrected chi connectivity index (χ3v) is 5.49. The number of anilines is 2. The maximum atomic E-state index is 13.6. The summed E-state index contributed by atoms with van der Waals surface area (Å²) in [6, 6.07) is 4.14. The van der Waals surface area contributed by atoms with Gasteiger partial charge in [-0.25, -0.2) is 21.9 Å². The second kappa shape index (κ2) is 7.92. The molecule has 1 aromatic carbocycles. The minimum absolute atomic E-state index is 0.0199. The second-order valence-corrected chi connectivity index (χ2v) is 7.63. The number of benzene rings is 1. The number of halogens is 2. The fraction of sp³-hybridized carbons (Fsp3) is 0.375. The molecule has 1 aromatic heterocycles. The third-order valence-electron chi connectivity index (χ3n) is 4.02. The van der Waals surface area contributed by atoms with Crippen molar-refractivity contribution < 1.29 is 17.2 Å². The summed E-state index contributed by atoms with van der Waals surface area (Å²) in [5, 5.41) is 10.9. The number of nitrogens with one attached hydrogen (secondary N) is 2. The summed E-state index contributed by atoms with van der Waals surface area (Å²) in [4.78, 5) is 1.49. The molecule has 26 heavy (non-hydrogen) atoms. The quantitative estimate of drug-likeness (QED) is 0.709. The van der Waals surface area contributed by atoms with Crippen LogP contribution < -0.4 is 14.9 Å².